The molecule has 2 heterocycles. The Labute approximate surface area is 256 Å². The summed E-state index contributed by atoms with van der Waals surface area (Å²) in [7, 11) is 2.98. The van der Waals surface area contributed by atoms with E-state index in [4.69, 9.17) is 9.15 Å². The summed E-state index contributed by atoms with van der Waals surface area (Å²) in [5, 5.41) is 5.35. The summed E-state index contributed by atoms with van der Waals surface area (Å²) in [5.41, 5.74) is -0.998. The van der Waals surface area contributed by atoms with Gasteiger partial charge in [-0.1, -0.05) is 0 Å². The van der Waals surface area contributed by atoms with E-state index in [0.29, 0.717) is 24.2 Å². The van der Waals surface area contributed by atoms with Gasteiger partial charge in [-0.2, -0.15) is 0 Å². The van der Waals surface area contributed by atoms with Crippen LogP contribution in [0.15, 0.2) is 71.4 Å². The largest absolute Gasteiger partial charge is 0.455 e. The zero-order valence-corrected chi connectivity index (χ0v) is 24.9. The van der Waals surface area contributed by atoms with Gasteiger partial charge in [-0.25, -0.2) is 23.1 Å². The van der Waals surface area contributed by atoms with Gasteiger partial charge in [0.25, 0.3) is 11.8 Å². The number of benzene rings is 3. The number of amides is 2. The molecule has 0 saturated heterocycles. The summed E-state index contributed by atoms with van der Waals surface area (Å²) in [4.78, 5) is 35.4. The van der Waals surface area contributed by atoms with Gasteiger partial charge in [0, 0.05) is 56.1 Å². The fraction of sp³-hybridized carbons (Fsp3) is 0.235. The second kappa shape index (κ2) is 11.2. The van der Waals surface area contributed by atoms with Crippen LogP contribution >= 0.6 is 0 Å². The number of halogens is 3. The zero-order chi connectivity index (χ0) is 32.1. The van der Waals surface area contributed by atoms with Gasteiger partial charge in [-0.3, -0.25) is 9.59 Å². The number of aromatic nitrogens is 2. The molecule has 0 bridgehead atoms. The maximum Gasteiger partial charge on any atom is 0.255 e. The number of nitrogens with one attached hydrogen (secondary N) is 2. The monoisotopic (exact) mass is 614 g/mol. The van der Waals surface area contributed by atoms with Gasteiger partial charge in [0.2, 0.25) is 0 Å². The summed E-state index contributed by atoms with van der Waals surface area (Å²) in [6.45, 7) is 3.39. The Bertz CT molecular complexity index is 1950. The molecule has 2 N–H and O–H groups in total. The van der Waals surface area contributed by atoms with E-state index in [0.717, 1.165) is 6.07 Å². The summed E-state index contributed by atoms with van der Waals surface area (Å²) in [6.07, 6.45) is 3.92. The lowest BCUT2D eigenvalue weighted by molar-refractivity contribution is -0.116. The Morgan fingerprint density at radius 1 is 0.956 bits per heavy atom. The molecule has 1 aliphatic carbocycles. The molecule has 0 aliphatic heterocycles. The number of furan rings is 1. The summed E-state index contributed by atoms with van der Waals surface area (Å²) < 4.78 is 57.0. The highest BCUT2D eigenvalue weighted by Gasteiger charge is 2.56. The van der Waals surface area contributed by atoms with Gasteiger partial charge < -0.3 is 19.8 Å². The highest BCUT2D eigenvalue weighted by atomic mass is 19.1. The van der Waals surface area contributed by atoms with Crippen molar-refractivity contribution in [2.75, 3.05) is 14.2 Å². The third-order valence-corrected chi connectivity index (χ3v) is 8.44. The van der Waals surface area contributed by atoms with Gasteiger partial charge in [0.15, 0.2) is 5.82 Å². The molecule has 1 fully saturated rings. The molecule has 0 radical (unpaired) electrons. The predicted octanol–water partition coefficient (Wildman–Crippen LogP) is 6.47. The van der Waals surface area contributed by atoms with E-state index in [1.54, 1.807) is 25.6 Å². The number of carbonyl (C=O) groups excluding carboxylic acids is 2. The molecule has 1 aliphatic rings. The summed E-state index contributed by atoms with van der Waals surface area (Å²) in [5.74, 6) is -2.83. The topological polar surface area (TPSA) is 106 Å². The molecule has 0 spiro atoms. The molecular weight excluding hydrogens is 585 g/mol. The second-order valence-corrected chi connectivity index (χ2v) is 11.4. The first kappa shape index (κ1) is 30.0. The van der Waals surface area contributed by atoms with E-state index in [1.165, 1.54) is 56.4 Å². The van der Waals surface area contributed by atoms with Crippen molar-refractivity contribution in [1.29, 1.82) is 0 Å². The number of hydrogen-bond acceptors (Lipinski definition) is 6. The van der Waals surface area contributed by atoms with E-state index < -0.39 is 40.4 Å². The van der Waals surface area contributed by atoms with Crippen LogP contribution in [0.25, 0.3) is 33.4 Å². The first-order valence-electron chi connectivity index (χ1n) is 14.2. The standard InChI is InChI=1S/C34H29F3N4O4/c1-18-23(14-20(15-24(18)36)30(42)41-34(16-33(2,17-34)44-4)32-39-12-5-13-40-32)22-10-11-25-26(28(22)37)27(31(43)38-3)29(45-25)19-6-8-21(35)9-7-19/h5-15H,16-17H2,1-4H3,(H,38,43)(H,41,42). The third kappa shape index (κ3) is 5.12. The van der Waals surface area contributed by atoms with Crippen molar-refractivity contribution in [2.24, 2.45) is 0 Å². The number of methoxy groups -OCH3 is 1. The van der Waals surface area contributed by atoms with Gasteiger partial charge in [-0.05, 0) is 79.6 Å². The lowest BCUT2D eigenvalue weighted by atomic mass is 9.65. The molecule has 1 saturated carbocycles. The molecule has 11 heteroatoms. The number of ether oxygens (including phenoxy) is 1. The molecule has 2 aromatic heterocycles. The Morgan fingerprint density at radius 3 is 2.29 bits per heavy atom. The number of hydrogen-bond donors (Lipinski definition) is 2. The molecular formula is C34H29F3N4O4. The highest BCUT2D eigenvalue weighted by molar-refractivity contribution is 6.12. The van der Waals surface area contributed by atoms with E-state index in [2.05, 4.69) is 20.6 Å². The van der Waals surface area contributed by atoms with Crippen LogP contribution in [-0.2, 0) is 10.3 Å². The third-order valence-electron chi connectivity index (χ3n) is 8.44. The van der Waals surface area contributed by atoms with Crippen molar-refractivity contribution in [3.63, 3.8) is 0 Å². The molecule has 6 rings (SSSR count). The molecule has 45 heavy (non-hydrogen) atoms. The van der Waals surface area contributed by atoms with E-state index in [1.807, 2.05) is 6.92 Å². The minimum absolute atomic E-state index is 0.0399. The van der Waals surface area contributed by atoms with Crippen molar-refractivity contribution in [3.05, 3.63) is 107 Å². The van der Waals surface area contributed by atoms with Gasteiger partial charge >= 0.3 is 0 Å². The minimum atomic E-state index is -0.954. The Kier molecular flexibility index (Phi) is 7.44. The predicted molar refractivity (Wildman–Crippen MR) is 161 cm³/mol. The van der Waals surface area contributed by atoms with Crippen LogP contribution in [0.2, 0.25) is 0 Å². The van der Waals surface area contributed by atoms with Crippen LogP contribution in [0.1, 0.15) is 51.9 Å². The lowest BCUT2D eigenvalue weighted by Crippen LogP contribution is -2.63. The molecule has 0 unspecified atom stereocenters. The van der Waals surface area contributed by atoms with Crippen LogP contribution in [0.3, 0.4) is 0 Å². The maximum absolute atomic E-state index is 16.5. The average Bonchev–Trinajstić information content (AvgIpc) is 3.42. The SMILES string of the molecule is CNC(=O)c1c(-c2ccc(F)cc2)oc2ccc(-c3cc(C(=O)NC4(c5ncccn5)CC(C)(OC)C4)cc(F)c3C)c(F)c12. The van der Waals surface area contributed by atoms with Crippen molar-refractivity contribution in [2.45, 2.75) is 37.8 Å². The van der Waals surface area contributed by atoms with Gasteiger partial charge in [0.05, 0.1) is 16.6 Å². The number of rotatable bonds is 7. The number of carbonyl (C=O) groups is 2. The van der Waals surface area contributed by atoms with Crippen molar-refractivity contribution < 1.29 is 31.9 Å². The molecule has 8 nitrogen and oxygen atoms in total. The van der Waals surface area contributed by atoms with Crippen molar-refractivity contribution in [3.8, 4) is 22.5 Å². The number of fused-ring (bicyclic) bond motifs is 1. The molecule has 2 amide bonds. The minimum Gasteiger partial charge on any atom is -0.455 e. The quantitative estimate of drug-likeness (QED) is 0.218. The van der Waals surface area contributed by atoms with Crippen LogP contribution in [0.4, 0.5) is 13.2 Å². The van der Waals surface area contributed by atoms with Gasteiger partial charge in [-0.15, -0.1) is 0 Å². The van der Waals surface area contributed by atoms with Crippen LogP contribution < -0.4 is 10.6 Å². The Morgan fingerprint density at radius 2 is 1.64 bits per heavy atom. The first-order valence-corrected chi connectivity index (χ1v) is 14.2. The zero-order valence-electron chi connectivity index (χ0n) is 24.9. The molecule has 5 aromatic rings. The lowest BCUT2D eigenvalue weighted by Gasteiger charge is -2.52. The van der Waals surface area contributed by atoms with E-state index in [-0.39, 0.29) is 44.5 Å². The normalized spacial score (nSPS) is 19.3. The van der Waals surface area contributed by atoms with Crippen molar-refractivity contribution in [1.82, 2.24) is 20.6 Å². The van der Waals surface area contributed by atoms with E-state index >= 15 is 8.78 Å². The van der Waals surface area contributed by atoms with E-state index in [9.17, 15) is 14.0 Å². The summed E-state index contributed by atoms with van der Waals surface area (Å²) in [6, 6.07) is 12.3. The van der Waals surface area contributed by atoms with Crippen LogP contribution in [0.5, 0.6) is 0 Å². The fourth-order valence-corrected chi connectivity index (χ4v) is 6.10. The van der Waals surface area contributed by atoms with Crippen molar-refractivity contribution >= 4 is 22.8 Å². The van der Waals surface area contributed by atoms with Crippen LogP contribution in [0, 0.1) is 24.4 Å². The van der Waals surface area contributed by atoms with Crippen LogP contribution in [-0.4, -0.2) is 41.5 Å². The first-order chi connectivity index (χ1) is 21.5. The number of nitrogens with zero attached hydrogens (tertiary/aromatic N) is 2. The molecule has 230 valence electrons. The Balaban J connectivity index is 1.44. The molecule has 0 atom stereocenters. The maximum atomic E-state index is 16.5. The van der Waals surface area contributed by atoms with Gasteiger partial charge in [0.1, 0.15) is 34.3 Å². The highest BCUT2D eigenvalue weighted by Crippen LogP contribution is 2.49. The molecule has 3 aromatic carbocycles. The fourth-order valence-electron chi connectivity index (χ4n) is 6.10. The second-order valence-electron chi connectivity index (χ2n) is 11.4. The smallest absolute Gasteiger partial charge is 0.255 e. The average molecular weight is 615 g/mol. The Hall–Kier alpha value is -5.03. The summed E-state index contributed by atoms with van der Waals surface area (Å²) >= 11 is 0.